The number of halogens is 1. The van der Waals surface area contributed by atoms with Crippen molar-refractivity contribution in [1.29, 1.82) is 0 Å². The van der Waals surface area contributed by atoms with E-state index in [1.54, 1.807) is 13.2 Å². The molecule has 0 radical (unpaired) electrons. The van der Waals surface area contributed by atoms with E-state index in [0.29, 0.717) is 49.5 Å². The highest BCUT2D eigenvalue weighted by Crippen LogP contribution is 2.20. The third-order valence-corrected chi connectivity index (χ3v) is 9.00. The standard InChI is InChI=1S/C34H46FN3O6S/c1-4-15-38(16-5-2)45(40,41)17-14-34(39)44-33(24-37-23-27-12-9-13-30(19-27)42-3)32(36)21-28-18-29(35)22-31(20-28)43-25-26-10-7-6-8-11-26/h6-13,18-20,22,32-33,37H,4-5,14-17,21,23-25,36H2,1-3H3. The van der Waals surface area contributed by atoms with Crippen LogP contribution in [-0.2, 0) is 39.1 Å². The molecule has 0 aliphatic rings. The van der Waals surface area contributed by atoms with Gasteiger partial charge in [-0.3, -0.25) is 4.79 Å². The van der Waals surface area contributed by atoms with Crippen molar-refractivity contribution in [3.63, 3.8) is 0 Å². The zero-order valence-corrected chi connectivity index (χ0v) is 27.2. The van der Waals surface area contributed by atoms with E-state index in [0.717, 1.165) is 11.1 Å². The highest BCUT2D eigenvalue weighted by Gasteiger charge is 2.26. The molecule has 0 aliphatic carbocycles. The van der Waals surface area contributed by atoms with Crippen LogP contribution in [0.3, 0.4) is 0 Å². The number of carbonyl (C=O) groups is 1. The minimum absolute atomic E-state index is 0.192. The van der Waals surface area contributed by atoms with Crippen LogP contribution < -0.4 is 20.5 Å². The van der Waals surface area contributed by atoms with Crippen LogP contribution >= 0.6 is 0 Å². The number of methoxy groups -OCH3 is 1. The molecular formula is C34H46FN3O6S. The molecule has 2 unspecified atom stereocenters. The Morgan fingerprint density at radius 2 is 1.62 bits per heavy atom. The zero-order chi connectivity index (χ0) is 32.7. The van der Waals surface area contributed by atoms with Crippen LogP contribution in [-0.4, -0.2) is 63.3 Å². The maximum atomic E-state index is 14.6. The van der Waals surface area contributed by atoms with Crippen LogP contribution in [0.2, 0.25) is 0 Å². The van der Waals surface area contributed by atoms with Crippen molar-refractivity contribution in [2.24, 2.45) is 5.73 Å². The van der Waals surface area contributed by atoms with Gasteiger partial charge in [-0.2, -0.15) is 0 Å². The summed E-state index contributed by atoms with van der Waals surface area (Å²) in [5.41, 5.74) is 9.05. The van der Waals surface area contributed by atoms with Gasteiger partial charge in [0.25, 0.3) is 0 Å². The average Bonchev–Trinajstić information content (AvgIpc) is 3.02. The first-order valence-electron chi connectivity index (χ1n) is 15.4. The zero-order valence-electron chi connectivity index (χ0n) is 26.4. The molecule has 0 heterocycles. The third kappa shape index (κ3) is 12.4. The van der Waals surface area contributed by atoms with Crippen molar-refractivity contribution in [2.75, 3.05) is 32.5 Å². The summed E-state index contributed by atoms with van der Waals surface area (Å²) in [4.78, 5) is 13.0. The van der Waals surface area contributed by atoms with Crippen molar-refractivity contribution in [3.05, 3.63) is 95.3 Å². The molecular weight excluding hydrogens is 597 g/mol. The molecule has 0 aliphatic heterocycles. The second-order valence-corrected chi connectivity index (χ2v) is 13.0. The van der Waals surface area contributed by atoms with Crippen molar-refractivity contribution < 1.29 is 31.8 Å². The fraction of sp³-hybridized carbons (Fsp3) is 0.441. The third-order valence-electron chi connectivity index (χ3n) is 7.12. The Kier molecular flexibility index (Phi) is 14.8. The molecule has 0 fully saturated rings. The van der Waals surface area contributed by atoms with E-state index in [1.807, 2.05) is 68.4 Å². The van der Waals surface area contributed by atoms with E-state index >= 15 is 0 Å². The van der Waals surface area contributed by atoms with E-state index in [-0.39, 0.29) is 31.7 Å². The molecule has 0 aromatic heterocycles. The molecule has 3 N–H and O–H groups in total. The first kappa shape index (κ1) is 36.0. The van der Waals surface area contributed by atoms with Crippen molar-refractivity contribution in [2.45, 2.75) is 64.8 Å². The van der Waals surface area contributed by atoms with Crippen LogP contribution in [0.4, 0.5) is 4.39 Å². The molecule has 0 saturated carbocycles. The van der Waals surface area contributed by atoms with Gasteiger partial charge >= 0.3 is 5.97 Å². The Bertz CT molecular complexity index is 1430. The normalized spacial score (nSPS) is 12.9. The lowest BCUT2D eigenvalue weighted by Crippen LogP contribution is -2.46. The Morgan fingerprint density at radius 3 is 2.31 bits per heavy atom. The molecule has 11 heteroatoms. The van der Waals surface area contributed by atoms with E-state index in [1.165, 1.54) is 16.4 Å². The van der Waals surface area contributed by atoms with Crippen LogP contribution in [0.1, 0.15) is 49.8 Å². The minimum Gasteiger partial charge on any atom is -0.497 e. The predicted molar refractivity (Wildman–Crippen MR) is 174 cm³/mol. The lowest BCUT2D eigenvalue weighted by Gasteiger charge is -2.25. The molecule has 0 bridgehead atoms. The lowest BCUT2D eigenvalue weighted by molar-refractivity contribution is -0.149. The lowest BCUT2D eigenvalue weighted by atomic mass is 10.0. The van der Waals surface area contributed by atoms with Gasteiger partial charge < -0.3 is 25.3 Å². The topological polar surface area (TPSA) is 120 Å². The summed E-state index contributed by atoms with van der Waals surface area (Å²) in [6, 6.07) is 20.8. The van der Waals surface area contributed by atoms with Crippen LogP contribution in [0, 0.1) is 5.82 Å². The molecule has 2 atom stereocenters. The predicted octanol–water partition coefficient (Wildman–Crippen LogP) is 4.83. The Morgan fingerprint density at radius 1 is 0.933 bits per heavy atom. The monoisotopic (exact) mass is 643 g/mol. The smallest absolute Gasteiger partial charge is 0.307 e. The molecule has 0 saturated heterocycles. The van der Waals surface area contributed by atoms with Gasteiger partial charge in [0.1, 0.15) is 30.0 Å². The summed E-state index contributed by atoms with van der Waals surface area (Å²) in [6.45, 7) is 5.55. The number of esters is 1. The summed E-state index contributed by atoms with van der Waals surface area (Å²) in [5.74, 6) is -0.411. The van der Waals surface area contributed by atoms with Crippen LogP contribution in [0.25, 0.3) is 0 Å². The number of hydrogen-bond acceptors (Lipinski definition) is 8. The molecule has 45 heavy (non-hydrogen) atoms. The number of nitrogens with two attached hydrogens (primary N) is 1. The van der Waals surface area contributed by atoms with Gasteiger partial charge in [0.05, 0.1) is 19.3 Å². The average molecular weight is 644 g/mol. The molecule has 3 rings (SSSR count). The maximum absolute atomic E-state index is 14.6. The van der Waals surface area contributed by atoms with E-state index in [2.05, 4.69) is 5.32 Å². The van der Waals surface area contributed by atoms with Crippen molar-refractivity contribution in [1.82, 2.24) is 9.62 Å². The fourth-order valence-corrected chi connectivity index (χ4v) is 6.45. The minimum atomic E-state index is -3.62. The Balaban J connectivity index is 1.69. The molecule has 3 aromatic carbocycles. The Hall–Kier alpha value is -3.51. The van der Waals surface area contributed by atoms with Crippen LogP contribution in [0.5, 0.6) is 11.5 Å². The number of benzene rings is 3. The second-order valence-electron chi connectivity index (χ2n) is 10.9. The molecule has 246 valence electrons. The van der Waals surface area contributed by atoms with E-state index in [9.17, 15) is 17.6 Å². The summed E-state index contributed by atoms with van der Waals surface area (Å²) < 4.78 is 58.6. The highest BCUT2D eigenvalue weighted by molar-refractivity contribution is 7.89. The van der Waals surface area contributed by atoms with Gasteiger partial charge in [0.15, 0.2) is 0 Å². The van der Waals surface area contributed by atoms with E-state index in [4.69, 9.17) is 19.9 Å². The van der Waals surface area contributed by atoms with Gasteiger partial charge in [-0.25, -0.2) is 17.1 Å². The summed E-state index contributed by atoms with van der Waals surface area (Å²) in [6.07, 6.45) is 0.433. The SMILES string of the molecule is CCCN(CCC)S(=O)(=O)CCC(=O)OC(CNCc1cccc(OC)c1)C(N)Cc1cc(F)cc(OCc2ccccc2)c1. The van der Waals surface area contributed by atoms with Crippen molar-refractivity contribution in [3.8, 4) is 11.5 Å². The number of nitrogens with zero attached hydrogens (tertiary/aromatic N) is 1. The molecule has 0 spiro atoms. The summed E-state index contributed by atoms with van der Waals surface area (Å²) in [7, 11) is -2.03. The number of carbonyl (C=O) groups excluding carboxylic acids is 1. The van der Waals surface area contributed by atoms with Gasteiger partial charge in [0.2, 0.25) is 10.0 Å². The van der Waals surface area contributed by atoms with Crippen LogP contribution in [0.15, 0.2) is 72.8 Å². The van der Waals surface area contributed by atoms with Gasteiger partial charge in [0, 0.05) is 38.3 Å². The quantitative estimate of drug-likeness (QED) is 0.168. The summed E-state index contributed by atoms with van der Waals surface area (Å²) >= 11 is 0. The van der Waals surface area contributed by atoms with Gasteiger partial charge in [-0.1, -0.05) is 56.3 Å². The fourth-order valence-electron chi connectivity index (χ4n) is 4.85. The first-order valence-corrected chi connectivity index (χ1v) is 17.0. The van der Waals surface area contributed by atoms with Crippen molar-refractivity contribution >= 4 is 16.0 Å². The largest absolute Gasteiger partial charge is 0.497 e. The molecule has 0 amide bonds. The highest BCUT2D eigenvalue weighted by atomic mass is 32.2. The molecule has 9 nitrogen and oxygen atoms in total. The summed E-state index contributed by atoms with van der Waals surface area (Å²) in [5, 5.41) is 3.27. The van der Waals surface area contributed by atoms with Gasteiger partial charge in [-0.05, 0) is 60.2 Å². The number of rotatable bonds is 20. The number of ether oxygens (including phenoxy) is 3. The number of hydrogen-bond donors (Lipinski definition) is 2. The Labute approximate surface area is 266 Å². The van der Waals surface area contributed by atoms with Gasteiger partial charge in [-0.15, -0.1) is 0 Å². The second kappa shape index (κ2) is 18.5. The number of nitrogens with one attached hydrogen (secondary N) is 1. The first-order chi connectivity index (χ1) is 21.6. The number of sulfonamides is 1. The maximum Gasteiger partial charge on any atom is 0.307 e. The molecule has 3 aromatic rings. The van der Waals surface area contributed by atoms with E-state index < -0.39 is 34.0 Å².